The third-order valence-electron chi connectivity index (χ3n) is 3.20. The summed E-state index contributed by atoms with van der Waals surface area (Å²) in [6.45, 7) is 4.93. The monoisotopic (exact) mass is 274 g/mol. The minimum absolute atomic E-state index is 0.0113. The molecule has 18 heavy (non-hydrogen) atoms. The zero-order chi connectivity index (χ0) is 13.5. The van der Waals surface area contributed by atoms with Crippen molar-refractivity contribution >= 4 is 17.7 Å². The van der Waals surface area contributed by atoms with Gasteiger partial charge in [-0.05, 0) is 31.6 Å². The third-order valence-corrected chi connectivity index (χ3v) is 4.35. The van der Waals surface area contributed by atoms with Gasteiger partial charge in [0.2, 0.25) is 5.91 Å². The molecule has 1 fully saturated rings. The molecule has 0 aromatic carbocycles. The van der Waals surface area contributed by atoms with Crippen LogP contribution in [0.1, 0.15) is 26.7 Å². The number of nitrogens with one attached hydrogen (secondary N) is 1. The molecule has 0 spiro atoms. The van der Waals surface area contributed by atoms with E-state index >= 15 is 0 Å². The molecule has 0 aromatic rings. The highest BCUT2D eigenvalue weighted by molar-refractivity contribution is 7.99. The summed E-state index contributed by atoms with van der Waals surface area (Å²) < 4.78 is 0. The Morgan fingerprint density at radius 2 is 2.28 bits per heavy atom. The zero-order valence-electron chi connectivity index (χ0n) is 11.7. The van der Waals surface area contributed by atoms with Gasteiger partial charge in [0.1, 0.15) is 0 Å². The Hall–Kier alpha value is -0.260. The Morgan fingerprint density at radius 1 is 1.56 bits per heavy atom. The number of aliphatic hydroxyl groups excluding tert-OH is 1. The second-order valence-electron chi connectivity index (χ2n) is 5.52. The van der Waals surface area contributed by atoms with Gasteiger partial charge in [-0.15, -0.1) is 0 Å². The summed E-state index contributed by atoms with van der Waals surface area (Å²) in [5.74, 6) is 2.79. The van der Waals surface area contributed by atoms with Crippen molar-refractivity contribution in [3.05, 3.63) is 0 Å². The van der Waals surface area contributed by atoms with Crippen molar-refractivity contribution in [2.24, 2.45) is 5.92 Å². The standard InChI is InChI=1S/C13H26N2O2S/c1-10(2)6-12(16)7-14-13(17)8-15(3)11-4-5-18-9-11/h10-12,16H,4-9H2,1-3H3,(H,14,17). The minimum atomic E-state index is -0.429. The number of rotatable bonds is 7. The van der Waals surface area contributed by atoms with E-state index < -0.39 is 6.10 Å². The maximum atomic E-state index is 11.7. The van der Waals surface area contributed by atoms with Crippen molar-refractivity contribution in [1.82, 2.24) is 10.2 Å². The molecule has 0 bridgehead atoms. The van der Waals surface area contributed by atoms with E-state index in [-0.39, 0.29) is 5.91 Å². The number of hydrogen-bond donors (Lipinski definition) is 2. The van der Waals surface area contributed by atoms with Crippen LogP contribution < -0.4 is 5.32 Å². The molecular weight excluding hydrogens is 248 g/mol. The first kappa shape index (κ1) is 15.8. The number of aliphatic hydroxyl groups is 1. The van der Waals surface area contributed by atoms with E-state index in [2.05, 4.69) is 24.1 Å². The summed E-state index contributed by atoms with van der Waals surface area (Å²) in [6, 6.07) is 0.529. The van der Waals surface area contributed by atoms with Crippen LogP contribution in [0.15, 0.2) is 0 Å². The predicted octanol–water partition coefficient (Wildman–Crippen LogP) is 0.947. The Kier molecular flexibility index (Phi) is 7.04. The molecule has 1 aliphatic rings. The molecule has 1 rings (SSSR count). The van der Waals surface area contributed by atoms with Gasteiger partial charge in [0.15, 0.2) is 0 Å². The number of carbonyl (C=O) groups excluding carboxylic acids is 1. The van der Waals surface area contributed by atoms with Gasteiger partial charge in [0.25, 0.3) is 0 Å². The summed E-state index contributed by atoms with van der Waals surface area (Å²) >= 11 is 1.95. The molecule has 0 aromatic heterocycles. The summed E-state index contributed by atoms with van der Waals surface area (Å²) in [5, 5.41) is 12.5. The Labute approximate surface area is 115 Å². The normalized spacial score (nSPS) is 21.6. The van der Waals surface area contributed by atoms with Gasteiger partial charge in [0.05, 0.1) is 12.6 Å². The highest BCUT2D eigenvalue weighted by atomic mass is 32.2. The van der Waals surface area contributed by atoms with Gasteiger partial charge >= 0.3 is 0 Å². The first-order chi connectivity index (χ1) is 8.49. The average molecular weight is 274 g/mol. The molecule has 0 aliphatic carbocycles. The van der Waals surface area contributed by atoms with E-state index in [1.807, 2.05) is 18.8 Å². The molecule has 4 nitrogen and oxygen atoms in total. The summed E-state index contributed by atoms with van der Waals surface area (Å²) in [4.78, 5) is 13.8. The molecule has 1 amide bonds. The fourth-order valence-corrected chi connectivity index (χ4v) is 3.44. The van der Waals surface area contributed by atoms with Crippen molar-refractivity contribution in [3.8, 4) is 0 Å². The molecule has 0 saturated carbocycles. The van der Waals surface area contributed by atoms with Crippen molar-refractivity contribution in [2.75, 3.05) is 31.6 Å². The van der Waals surface area contributed by atoms with E-state index in [0.29, 0.717) is 25.0 Å². The summed E-state index contributed by atoms with van der Waals surface area (Å²) in [7, 11) is 2.00. The van der Waals surface area contributed by atoms with Crippen molar-refractivity contribution in [2.45, 2.75) is 38.8 Å². The number of likely N-dealkylation sites (N-methyl/N-ethyl adjacent to an activating group) is 1. The first-order valence-corrected chi connectivity index (χ1v) is 7.87. The number of nitrogens with zero attached hydrogens (tertiary/aromatic N) is 1. The first-order valence-electron chi connectivity index (χ1n) is 6.71. The second kappa shape index (κ2) is 8.02. The van der Waals surface area contributed by atoms with Gasteiger partial charge in [-0.1, -0.05) is 13.8 Å². The van der Waals surface area contributed by atoms with Gasteiger partial charge in [0, 0.05) is 18.3 Å². The van der Waals surface area contributed by atoms with Crippen LogP contribution in [0.3, 0.4) is 0 Å². The molecule has 106 valence electrons. The number of thioether (sulfide) groups is 1. The smallest absolute Gasteiger partial charge is 0.234 e. The third kappa shape index (κ3) is 6.07. The number of carbonyl (C=O) groups is 1. The maximum Gasteiger partial charge on any atom is 0.234 e. The Morgan fingerprint density at radius 3 is 2.83 bits per heavy atom. The SMILES string of the molecule is CC(C)CC(O)CNC(=O)CN(C)C1CCSC1. The quantitative estimate of drug-likeness (QED) is 0.726. The molecule has 1 heterocycles. The van der Waals surface area contributed by atoms with Crippen LogP contribution in [0, 0.1) is 5.92 Å². The topological polar surface area (TPSA) is 52.6 Å². The Balaban J connectivity index is 2.16. The number of amides is 1. The second-order valence-corrected chi connectivity index (χ2v) is 6.67. The molecule has 2 unspecified atom stereocenters. The number of hydrogen-bond acceptors (Lipinski definition) is 4. The molecule has 0 radical (unpaired) electrons. The highest BCUT2D eigenvalue weighted by Crippen LogP contribution is 2.20. The molecular formula is C13H26N2O2S. The minimum Gasteiger partial charge on any atom is -0.391 e. The summed E-state index contributed by atoms with van der Waals surface area (Å²) in [5.41, 5.74) is 0. The van der Waals surface area contributed by atoms with Crippen LogP contribution in [-0.2, 0) is 4.79 Å². The fourth-order valence-electron chi connectivity index (χ4n) is 2.14. The van der Waals surface area contributed by atoms with E-state index in [1.165, 1.54) is 12.2 Å². The van der Waals surface area contributed by atoms with Crippen molar-refractivity contribution < 1.29 is 9.90 Å². The van der Waals surface area contributed by atoms with Crippen LogP contribution in [0.4, 0.5) is 0 Å². The van der Waals surface area contributed by atoms with Crippen molar-refractivity contribution in [1.29, 1.82) is 0 Å². The van der Waals surface area contributed by atoms with Crippen LogP contribution in [0.5, 0.6) is 0 Å². The van der Waals surface area contributed by atoms with Crippen molar-refractivity contribution in [3.63, 3.8) is 0 Å². The molecule has 1 saturated heterocycles. The van der Waals surface area contributed by atoms with E-state index in [4.69, 9.17) is 0 Å². The van der Waals surface area contributed by atoms with Crippen LogP contribution >= 0.6 is 11.8 Å². The molecule has 5 heteroatoms. The van der Waals surface area contributed by atoms with Crippen LogP contribution in [0.25, 0.3) is 0 Å². The largest absolute Gasteiger partial charge is 0.391 e. The van der Waals surface area contributed by atoms with Gasteiger partial charge in [-0.2, -0.15) is 11.8 Å². The maximum absolute atomic E-state index is 11.7. The summed E-state index contributed by atoms with van der Waals surface area (Å²) in [6.07, 6.45) is 1.47. The molecule has 1 aliphatic heterocycles. The lowest BCUT2D eigenvalue weighted by Crippen LogP contribution is -2.42. The van der Waals surface area contributed by atoms with Crippen LogP contribution in [0.2, 0.25) is 0 Å². The van der Waals surface area contributed by atoms with E-state index in [0.717, 1.165) is 12.2 Å². The van der Waals surface area contributed by atoms with Gasteiger partial charge in [-0.25, -0.2) is 0 Å². The van der Waals surface area contributed by atoms with E-state index in [1.54, 1.807) is 0 Å². The fraction of sp³-hybridized carbons (Fsp3) is 0.923. The lowest BCUT2D eigenvalue weighted by atomic mass is 10.1. The van der Waals surface area contributed by atoms with Gasteiger partial charge < -0.3 is 10.4 Å². The van der Waals surface area contributed by atoms with Crippen LogP contribution in [-0.4, -0.2) is 59.7 Å². The lowest BCUT2D eigenvalue weighted by Gasteiger charge is -2.23. The molecule has 2 N–H and O–H groups in total. The zero-order valence-corrected chi connectivity index (χ0v) is 12.5. The predicted molar refractivity (Wildman–Crippen MR) is 76.8 cm³/mol. The highest BCUT2D eigenvalue weighted by Gasteiger charge is 2.21. The average Bonchev–Trinajstić information content (AvgIpc) is 2.78. The van der Waals surface area contributed by atoms with Gasteiger partial charge in [-0.3, -0.25) is 9.69 Å². The lowest BCUT2D eigenvalue weighted by molar-refractivity contribution is -0.122. The van der Waals surface area contributed by atoms with E-state index in [9.17, 15) is 9.90 Å². The molecule has 2 atom stereocenters. The Bertz CT molecular complexity index is 255.